The number of ether oxygens (including phenoxy) is 3. The Morgan fingerprint density at radius 2 is 1.59 bits per heavy atom. The molecular weight excluding hydrogens is 1020 g/mol. The second kappa shape index (κ2) is 25.1. The number of nitrogens with one attached hydrogen (secondary N) is 4. The summed E-state index contributed by atoms with van der Waals surface area (Å²) in [4.78, 5) is 86.4. The lowest BCUT2D eigenvalue weighted by molar-refractivity contribution is -0.144. The van der Waals surface area contributed by atoms with Crippen molar-refractivity contribution in [1.82, 2.24) is 54.9 Å². The number of β-amino-alcohol motifs (C(OH)–C–C–N with tert-alkyl or cyclic N) is 1. The molecule has 23 heteroatoms. The molecule has 1 aliphatic carbocycles. The number of thiazole rings is 1. The Morgan fingerprint density at radius 3 is 2.24 bits per heavy atom. The molecule has 0 spiro atoms. The van der Waals surface area contributed by atoms with Gasteiger partial charge in [-0.05, 0) is 54.5 Å². The number of amides is 5. The normalized spacial score (nSPS) is 17.1. The molecule has 78 heavy (non-hydrogen) atoms. The maximum Gasteiger partial charge on any atom is 0.254 e. The zero-order valence-corrected chi connectivity index (χ0v) is 45.2. The van der Waals surface area contributed by atoms with Crippen LogP contribution in [0.15, 0.2) is 72.8 Å². The van der Waals surface area contributed by atoms with Crippen molar-refractivity contribution in [2.45, 2.75) is 90.4 Å². The molecule has 2 aromatic carbocycles. The number of benzene rings is 2. The molecule has 3 atom stereocenters. The molecule has 5 N–H and O–H groups in total. The number of aromatic nitrogens is 6. The SMILES string of the molecule is Cc1ncsc1-c1ccc(CNC(=O)[C@@H]2C[C@@H](O)CN2C(=O)[C@@H](NC(=O)CCOCCOCCOCCC(=O)N2CCN(C(=O)c3ccc(Nc4nc(C5CC5)cn5c(-c6cn[nH]c6)cnc45)c(F)c3)CC2)C(C)(C)C)cc1. The summed E-state index contributed by atoms with van der Waals surface area (Å²) in [6, 6.07) is 10.3. The number of piperazine rings is 1. The molecule has 2 aliphatic heterocycles. The number of aromatic amines is 1. The summed E-state index contributed by atoms with van der Waals surface area (Å²) in [6.45, 7) is 10.2. The van der Waals surface area contributed by atoms with E-state index in [1.54, 1.807) is 51.3 Å². The Labute approximate surface area is 455 Å². The molecule has 1 saturated carbocycles. The number of fused-ring (bicyclic) bond motifs is 1. The van der Waals surface area contributed by atoms with E-state index < -0.39 is 41.2 Å². The molecular formula is C55H67FN12O9S. The minimum atomic E-state index is -0.958. The van der Waals surface area contributed by atoms with E-state index in [0.29, 0.717) is 43.6 Å². The van der Waals surface area contributed by atoms with Gasteiger partial charge in [-0.3, -0.25) is 33.5 Å². The van der Waals surface area contributed by atoms with Gasteiger partial charge >= 0.3 is 0 Å². The summed E-state index contributed by atoms with van der Waals surface area (Å²) < 4.78 is 34.4. The highest BCUT2D eigenvalue weighted by Crippen LogP contribution is 2.41. The maximum atomic E-state index is 15.6. The van der Waals surface area contributed by atoms with Gasteiger partial charge in [0.05, 0.1) is 97.7 Å². The van der Waals surface area contributed by atoms with Crippen LogP contribution in [0.1, 0.15) is 86.1 Å². The van der Waals surface area contributed by atoms with E-state index in [9.17, 15) is 29.1 Å². The van der Waals surface area contributed by atoms with E-state index in [1.165, 1.54) is 17.0 Å². The number of halogens is 1. The van der Waals surface area contributed by atoms with Crippen LogP contribution >= 0.6 is 11.3 Å². The van der Waals surface area contributed by atoms with Crippen molar-refractivity contribution in [3.05, 3.63) is 101 Å². The van der Waals surface area contributed by atoms with Gasteiger partial charge in [0.25, 0.3) is 5.91 Å². The third kappa shape index (κ3) is 13.7. The number of imidazole rings is 1. The first-order chi connectivity index (χ1) is 37.6. The smallest absolute Gasteiger partial charge is 0.254 e. The topological polar surface area (TPSA) is 251 Å². The minimum Gasteiger partial charge on any atom is -0.391 e. The molecule has 5 amide bonds. The van der Waals surface area contributed by atoms with Crippen molar-refractivity contribution in [3.8, 4) is 21.7 Å². The van der Waals surface area contributed by atoms with E-state index >= 15 is 4.39 Å². The number of anilines is 2. The number of rotatable bonds is 23. The lowest BCUT2D eigenvalue weighted by Crippen LogP contribution is -2.57. The Bertz CT molecular complexity index is 3060. The fourth-order valence-corrected chi connectivity index (χ4v) is 10.3. The molecule has 3 fully saturated rings. The molecule has 0 radical (unpaired) electrons. The van der Waals surface area contributed by atoms with E-state index in [1.807, 2.05) is 62.6 Å². The first-order valence-corrected chi connectivity index (χ1v) is 27.3. The van der Waals surface area contributed by atoms with Crippen molar-refractivity contribution in [3.63, 3.8) is 0 Å². The Kier molecular flexibility index (Phi) is 17.9. The van der Waals surface area contributed by atoms with Gasteiger partial charge in [0, 0.05) is 81.5 Å². The van der Waals surface area contributed by atoms with E-state index in [2.05, 4.69) is 36.1 Å². The van der Waals surface area contributed by atoms with Crippen LogP contribution < -0.4 is 16.0 Å². The van der Waals surface area contributed by atoms with Crippen LogP contribution in [-0.4, -0.2) is 169 Å². The standard InChI is InChI=1S/C55H67FN12O9S/c1-34-48(78-33-59-34)37-7-5-35(6-8-37)27-58-52(72)44-26-40(69)31-68(44)54(74)49(55(2,3)4)64-46(70)13-19-75-21-23-77-24-22-76-20-14-47(71)65-15-17-66(18-16-65)53(73)38-11-12-42(41(56)25-38)62-50-51-57-30-45(39-28-60-61-29-39)67(51)32-43(63-50)36-9-10-36/h5-8,11-12,25,28-30,32-33,36,40,44,49,69H,9-10,13-24,26-27,31H2,1-4H3,(H,58,72)(H,60,61)(H,62,63)(H,64,70)/t40-,44+,49-/m1/s1. The number of nitrogens with zero attached hydrogens (tertiary/aromatic N) is 8. The molecule has 9 rings (SSSR count). The lowest BCUT2D eigenvalue weighted by atomic mass is 9.85. The van der Waals surface area contributed by atoms with Crippen LogP contribution in [0, 0.1) is 18.2 Å². The zero-order valence-electron chi connectivity index (χ0n) is 44.3. The first-order valence-electron chi connectivity index (χ1n) is 26.4. The van der Waals surface area contributed by atoms with Crippen molar-refractivity contribution in [2.75, 3.05) is 77.7 Å². The monoisotopic (exact) mass is 1090 g/mol. The molecule has 0 bridgehead atoms. The molecule has 21 nitrogen and oxygen atoms in total. The number of carbonyl (C=O) groups is 5. The number of aliphatic hydroxyl groups excluding tert-OH is 1. The fraction of sp³-hybridized carbons (Fsp3) is 0.473. The molecule has 0 unspecified atom stereocenters. The molecule has 6 heterocycles. The number of carbonyl (C=O) groups excluding carboxylic acids is 5. The first kappa shape index (κ1) is 55.6. The summed E-state index contributed by atoms with van der Waals surface area (Å²) in [5.74, 6) is -1.51. The fourth-order valence-electron chi connectivity index (χ4n) is 9.53. The van der Waals surface area contributed by atoms with Gasteiger partial charge in [0.15, 0.2) is 11.5 Å². The van der Waals surface area contributed by atoms with Crippen molar-refractivity contribution in [1.29, 1.82) is 0 Å². The van der Waals surface area contributed by atoms with Gasteiger partial charge < -0.3 is 50.0 Å². The predicted molar refractivity (Wildman–Crippen MR) is 288 cm³/mol. The maximum absolute atomic E-state index is 15.6. The molecule has 4 aromatic heterocycles. The second-order valence-electron chi connectivity index (χ2n) is 20.9. The minimum absolute atomic E-state index is 0.0107. The highest BCUT2D eigenvalue weighted by Gasteiger charge is 2.44. The highest BCUT2D eigenvalue weighted by atomic mass is 32.1. The number of likely N-dealkylation sites (tertiary alicyclic amines) is 1. The van der Waals surface area contributed by atoms with Crippen LogP contribution in [0.4, 0.5) is 15.9 Å². The summed E-state index contributed by atoms with van der Waals surface area (Å²) in [6.07, 6.45) is 8.61. The zero-order chi connectivity index (χ0) is 54.9. The van der Waals surface area contributed by atoms with Crippen molar-refractivity contribution >= 4 is 58.0 Å². The quantitative estimate of drug-likeness (QED) is 0.0516. The largest absolute Gasteiger partial charge is 0.391 e. The summed E-state index contributed by atoms with van der Waals surface area (Å²) >= 11 is 1.56. The predicted octanol–water partition coefficient (Wildman–Crippen LogP) is 5.23. The highest BCUT2D eigenvalue weighted by molar-refractivity contribution is 7.13. The van der Waals surface area contributed by atoms with Crippen LogP contribution in [0.2, 0.25) is 0 Å². The Hall–Kier alpha value is -7.18. The lowest BCUT2D eigenvalue weighted by Gasteiger charge is -2.35. The second-order valence-corrected chi connectivity index (χ2v) is 21.7. The van der Waals surface area contributed by atoms with Crippen LogP contribution in [0.25, 0.3) is 27.3 Å². The summed E-state index contributed by atoms with van der Waals surface area (Å²) in [5.41, 5.74) is 7.45. The summed E-state index contributed by atoms with van der Waals surface area (Å²) in [7, 11) is 0. The summed E-state index contributed by atoms with van der Waals surface area (Å²) in [5, 5.41) is 26.3. The molecule has 2 saturated heterocycles. The third-order valence-corrected chi connectivity index (χ3v) is 15.1. The van der Waals surface area contributed by atoms with Gasteiger partial charge in [-0.1, -0.05) is 45.0 Å². The van der Waals surface area contributed by atoms with Crippen molar-refractivity contribution < 1.29 is 47.7 Å². The van der Waals surface area contributed by atoms with Gasteiger partial charge in [0.2, 0.25) is 23.6 Å². The van der Waals surface area contributed by atoms with E-state index in [4.69, 9.17) is 19.2 Å². The van der Waals surface area contributed by atoms with Gasteiger partial charge in [-0.2, -0.15) is 5.10 Å². The van der Waals surface area contributed by atoms with Crippen molar-refractivity contribution in [2.24, 2.45) is 5.41 Å². The van der Waals surface area contributed by atoms with Gasteiger partial charge in [-0.15, -0.1) is 11.3 Å². The Morgan fingerprint density at radius 1 is 0.885 bits per heavy atom. The van der Waals surface area contributed by atoms with Gasteiger partial charge in [0.1, 0.15) is 17.9 Å². The van der Waals surface area contributed by atoms with E-state index in [-0.39, 0.29) is 101 Å². The van der Waals surface area contributed by atoms with Crippen LogP contribution in [-0.2, 0) is 39.9 Å². The number of aryl methyl sites for hydroxylation is 1. The Balaban J connectivity index is 0.626. The third-order valence-electron chi connectivity index (χ3n) is 14.1. The number of hydrogen-bond donors (Lipinski definition) is 5. The van der Waals surface area contributed by atoms with Crippen LogP contribution in [0.3, 0.4) is 0 Å². The average Bonchev–Trinajstić information content (AvgIpc) is 3.87. The average molecular weight is 1090 g/mol. The van der Waals surface area contributed by atoms with Gasteiger partial charge in [-0.25, -0.2) is 19.3 Å². The molecule has 3 aliphatic rings. The molecule has 414 valence electrons. The number of aliphatic hydroxyl groups is 1. The molecule has 6 aromatic rings. The van der Waals surface area contributed by atoms with Crippen LogP contribution in [0.5, 0.6) is 0 Å². The number of H-pyrrole nitrogens is 1. The van der Waals surface area contributed by atoms with E-state index in [0.717, 1.165) is 51.5 Å². The number of hydrogen-bond acceptors (Lipinski definition) is 15.